The van der Waals surface area contributed by atoms with Crippen molar-refractivity contribution in [1.82, 2.24) is 0 Å². The van der Waals surface area contributed by atoms with Crippen molar-refractivity contribution >= 4 is 33.3 Å². The molecule has 3 aromatic rings. The summed E-state index contributed by atoms with van der Waals surface area (Å²) >= 11 is 0. The molecule has 12 heteroatoms. The molecule has 0 amide bonds. The Morgan fingerprint density at radius 2 is 1.75 bits per heavy atom. The number of methoxy groups -OCH3 is 1. The van der Waals surface area contributed by atoms with E-state index in [-0.39, 0.29) is 22.9 Å². The lowest BCUT2D eigenvalue weighted by atomic mass is 10.2. The normalized spacial score (nSPS) is 11.3. The summed E-state index contributed by atoms with van der Waals surface area (Å²) in [5.41, 5.74) is 2.74. The Bertz CT molecular complexity index is 1280. The van der Waals surface area contributed by atoms with Crippen molar-refractivity contribution in [3.8, 4) is 17.2 Å². The molecule has 0 unspecified atom stereocenters. The van der Waals surface area contributed by atoms with Crippen molar-refractivity contribution in [2.24, 2.45) is 5.10 Å². The van der Waals surface area contributed by atoms with Crippen LogP contribution in [0.2, 0.25) is 0 Å². The summed E-state index contributed by atoms with van der Waals surface area (Å²) in [5.74, 6) is -0.125. The third-order valence-electron chi connectivity index (χ3n) is 4.21. The van der Waals surface area contributed by atoms with E-state index < -0.39 is 25.5 Å². The molecule has 0 atom stereocenters. The molecule has 0 aliphatic heterocycles. The molecule has 3 aromatic carbocycles. The van der Waals surface area contributed by atoms with Crippen LogP contribution in [-0.2, 0) is 10.0 Å². The van der Waals surface area contributed by atoms with E-state index in [9.17, 15) is 28.7 Å². The molecule has 0 radical (unpaired) electrons. The number of aromatic hydroxyl groups is 2. The molecule has 0 spiro atoms. The van der Waals surface area contributed by atoms with Gasteiger partial charge in [0.05, 0.1) is 23.9 Å². The molecule has 0 fully saturated rings. The number of ether oxygens (including phenoxy) is 1. The minimum atomic E-state index is -4.23. The number of rotatable bonds is 8. The lowest BCUT2D eigenvalue weighted by Gasteiger charge is -2.12. The van der Waals surface area contributed by atoms with Crippen LogP contribution < -0.4 is 14.9 Å². The molecule has 0 aliphatic carbocycles. The first-order chi connectivity index (χ1) is 15.2. The Morgan fingerprint density at radius 3 is 2.38 bits per heavy atom. The molecule has 4 N–H and O–H groups in total. The number of nitro benzene ring substituents is 1. The van der Waals surface area contributed by atoms with Gasteiger partial charge in [0, 0.05) is 17.8 Å². The highest BCUT2D eigenvalue weighted by Gasteiger charge is 2.22. The molecule has 0 bridgehead atoms. The molecule has 166 valence electrons. The van der Waals surface area contributed by atoms with E-state index in [1.54, 1.807) is 12.1 Å². The van der Waals surface area contributed by atoms with E-state index in [0.29, 0.717) is 11.3 Å². The van der Waals surface area contributed by atoms with Gasteiger partial charge in [0.25, 0.3) is 15.7 Å². The van der Waals surface area contributed by atoms with Crippen LogP contribution in [-0.4, -0.2) is 36.9 Å². The summed E-state index contributed by atoms with van der Waals surface area (Å²) in [6.45, 7) is 0. The largest absolute Gasteiger partial charge is 0.504 e. The molecule has 3 rings (SSSR count). The zero-order chi connectivity index (χ0) is 23.3. The predicted octanol–water partition coefficient (Wildman–Crippen LogP) is 3.26. The maximum absolute atomic E-state index is 12.9. The highest BCUT2D eigenvalue weighted by Crippen LogP contribution is 2.29. The van der Waals surface area contributed by atoms with Gasteiger partial charge >= 0.3 is 0 Å². The number of nitrogens with zero attached hydrogens (tertiary/aromatic N) is 2. The van der Waals surface area contributed by atoms with Crippen molar-refractivity contribution in [2.45, 2.75) is 4.90 Å². The van der Waals surface area contributed by atoms with Crippen molar-refractivity contribution < 1.29 is 28.3 Å². The first-order valence-electron chi connectivity index (χ1n) is 8.96. The fraction of sp³-hybridized carbons (Fsp3) is 0.0500. The van der Waals surface area contributed by atoms with Gasteiger partial charge in [-0.15, -0.1) is 0 Å². The first kappa shape index (κ1) is 22.4. The van der Waals surface area contributed by atoms with Gasteiger partial charge < -0.3 is 14.9 Å². The Labute approximate surface area is 182 Å². The van der Waals surface area contributed by atoms with Gasteiger partial charge in [-0.3, -0.25) is 20.3 Å². The molecule has 0 aromatic heterocycles. The summed E-state index contributed by atoms with van der Waals surface area (Å²) < 4.78 is 33.3. The molecule has 0 saturated carbocycles. The number of hydrogen-bond donors (Lipinski definition) is 4. The van der Waals surface area contributed by atoms with Gasteiger partial charge in [0.2, 0.25) is 0 Å². The van der Waals surface area contributed by atoms with Crippen molar-refractivity contribution in [1.29, 1.82) is 0 Å². The summed E-state index contributed by atoms with van der Waals surface area (Å²) in [6.07, 6.45) is 1.27. The number of nitrogens with one attached hydrogen (secondary N) is 2. The standard InChI is InChI=1S/C20H18N4O7S/c1-31-16-6-3-14(4-7-16)23-32(29,30)20-11-15(24(27)28)5-8-17(20)22-21-12-13-2-9-18(25)19(26)10-13/h2-12,22-23,25-26H,1H3. The van der Waals surface area contributed by atoms with Gasteiger partial charge in [0.1, 0.15) is 10.6 Å². The molecule has 32 heavy (non-hydrogen) atoms. The van der Waals surface area contributed by atoms with Crippen molar-refractivity contribution in [3.63, 3.8) is 0 Å². The average Bonchev–Trinajstić information content (AvgIpc) is 2.76. The lowest BCUT2D eigenvalue weighted by Crippen LogP contribution is -2.15. The van der Waals surface area contributed by atoms with E-state index in [0.717, 1.165) is 12.1 Å². The van der Waals surface area contributed by atoms with Crippen LogP contribution in [0.15, 0.2) is 70.7 Å². The van der Waals surface area contributed by atoms with E-state index in [1.165, 1.54) is 49.7 Å². The Kier molecular flexibility index (Phi) is 6.45. The maximum Gasteiger partial charge on any atom is 0.270 e. The predicted molar refractivity (Wildman–Crippen MR) is 118 cm³/mol. The fourth-order valence-corrected chi connectivity index (χ4v) is 3.84. The van der Waals surface area contributed by atoms with Gasteiger partial charge in [-0.1, -0.05) is 0 Å². The van der Waals surface area contributed by atoms with Crippen LogP contribution in [0, 0.1) is 10.1 Å². The zero-order valence-electron chi connectivity index (χ0n) is 16.6. The molecule has 11 nitrogen and oxygen atoms in total. The second-order valence-corrected chi connectivity index (χ2v) is 8.04. The highest BCUT2D eigenvalue weighted by molar-refractivity contribution is 7.92. The number of nitro groups is 1. The highest BCUT2D eigenvalue weighted by atomic mass is 32.2. The summed E-state index contributed by atoms with van der Waals surface area (Å²) in [4.78, 5) is 10.1. The topological polar surface area (TPSA) is 163 Å². The average molecular weight is 458 g/mol. The Hall–Kier alpha value is -4.32. The van der Waals surface area contributed by atoms with E-state index in [2.05, 4.69) is 15.2 Å². The number of sulfonamides is 1. The van der Waals surface area contributed by atoms with Gasteiger partial charge in [-0.25, -0.2) is 8.42 Å². The summed E-state index contributed by atoms with van der Waals surface area (Å²) in [5, 5.41) is 34.0. The maximum atomic E-state index is 12.9. The minimum Gasteiger partial charge on any atom is -0.504 e. The number of hydrazone groups is 1. The van der Waals surface area contributed by atoms with Crippen LogP contribution >= 0.6 is 0 Å². The summed E-state index contributed by atoms with van der Waals surface area (Å²) in [6, 6.07) is 13.3. The molecular formula is C20H18N4O7S. The minimum absolute atomic E-state index is 0.0177. The third-order valence-corrected chi connectivity index (χ3v) is 5.63. The number of phenolic OH excluding ortho intramolecular Hbond substituents is 2. The van der Waals surface area contributed by atoms with Gasteiger partial charge in [-0.2, -0.15) is 5.10 Å². The van der Waals surface area contributed by atoms with Crippen molar-refractivity contribution in [3.05, 3.63) is 76.3 Å². The lowest BCUT2D eigenvalue weighted by molar-refractivity contribution is -0.385. The SMILES string of the molecule is COc1ccc(NS(=O)(=O)c2cc([N+](=O)[O-])ccc2NN=Cc2ccc(O)c(O)c2)cc1. The molecule has 0 heterocycles. The Balaban J connectivity index is 1.91. The van der Waals surface area contributed by atoms with Gasteiger partial charge in [-0.05, 0) is 54.1 Å². The summed E-state index contributed by atoms with van der Waals surface area (Å²) in [7, 11) is -2.76. The van der Waals surface area contributed by atoms with Crippen LogP contribution in [0.3, 0.4) is 0 Å². The second kappa shape index (κ2) is 9.22. The van der Waals surface area contributed by atoms with Crippen molar-refractivity contribution in [2.75, 3.05) is 17.3 Å². The van der Waals surface area contributed by atoms with Crippen LogP contribution in [0.5, 0.6) is 17.2 Å². The second-order valence-electron chi connectivity index (χ2n) is 6.39. The fourth-order valence-electron chi connectivity index (χ4n) is 2.61. The van der Waals surface area contributed by atoms with Gasteiger partial charge in [0.15, 0.2) is 11.5 Å². The molecule has 0 saturated heterocycles. The first-order valence-corrected chi connectivity index (χ1v) is 10.4. The monoisotopic (exact) mass is 458 g/mol. The van der Waals surface area contributed by atoms with Crippen LogP contribution in [0.25, 0.3) is 0 Å². The smallest absolute Gasteiger partial charge is 0.270 e. The number of hydrogen-bond acceptors (Lipinski definition) is 9. The van der Waals surface area contributed by atoms with Crippen LogP contribution in [0.4, 0.5) is 17.1 Å². The molecular weight excluding hydrogens is 440 g/mol. The van der Waals surface area contributed by atoms with E-state index in [1.807, 2.05) is 0 Å². The Morgan fingerprint density at radius 1 is 1.03 bits per heavy atom. The number of anilines is 2. The van der Waals surface area contributed by atoms with Crippen LogP contribution in [0.1, 0.15) is 5.56 Å². The number of benzene rings is 3. The zero-order valence-corrected chi connectivity index (χ0v) is 17.4. The number of phenols is 2. The number of non-ortho nitro benzene ring substituents is 1. The third kappa shape index (κ3) is 5.23. The van der Waals surface area contributed by atoms with E-state index >= 15 is 0 Å². The quantitative estimate of drug-likeness (QED) is 0.173. The molecule has 0 aliphatic rings. The van der Waals surface area contributed by atoms with E-state index in [4.69, 9.17) is 4.74 Å².